The molecule has 0 aliphatic rings. The number of anilines is 1. The first-order valence-electron chi connectivity index (χ1n) is 6.82. The van der Waals surface area contributed by atoms with Gasteiger partial charge in [-0.1, -0.05) is 17.7 Å². The van der Waals surface area contributed by atoms with Crippen LogP contribution in [0, 0.1) is 18.3 Å². The molecule has 2 aromatic heterocycles. The van der Waals surface area contributed by atoms with Crippen LogP contribution < -0.4 is 5.32 Å². The number of benzene rings is 1. The predicted molar refractivity (Wildman–Crippen MR) is 87.8 cm³/mol. The lowest BCUT2D eigenvalue weighted by molar-refractivity contribution is 1.02. The Morgan fingerprint density at radius 2 is 2.14 bits per heavy atom. The van der Waals surface area contributed by atoms with Crippen LogP contribution in [0.15, 0.2) is 42.6 Å². The standard InChI is InChI=1S/C17H13ClN4/c1-11-3-2-4-14(22-11)10-21-17-12(8-19)9-20-16-6-5-13(18)7-15(16)17/h2-7,9H,10H2,1H3,(H,20,21). The third kappa shape index (κ3) is 2.85. The molecule has 0 atom stereocenters. The Balaban J connectivity index is 2.01. The second-order valence-electron chi connectivity index (χ2n) is 4.94. The first-order chi connectivity index (χ1) is 10.7. The van der Waals surface area contributed by atoms with Crippen LogP contribution in [0.1, 0.15) is 17.0 Å². The van der Waals surface area contributed by atoms with Crippen molar-refractivity contribution in [1.29, 1.82) is 5.26 Å². The molecule has 0 unspecified atom stereocenters. The molecule has 0 aliphatic carbocycles. The molecule has 0 aliphatic heterocycles. The number of nitrogens with zero attached hydrogens (tertiary/aromatic N) is 3. The summed E-state index contributed by atoms with van der Waals surface area (Å²) in [5, 5.41) is 14.0. The summed E-state index contributed by atoms with van der Waals surface area (Å²) in [7, 11) is 0. The maximum absolute atomic E-state index is 9.31. The van der Waals surface area contributed by atoms with Crippen LogP contribution in [0.5, 0.6) is 0 Å². The van der Waals surface area contributed by atoms with Crippen LogP contribution in [0.3, 0.4) is 0 Å². The highest BCUT2D eigenvalue weighted by atomic mass is 35.5. The third-order valence-electron chi connectivity index (χ3n) is 3.34. The van der Waals surface area contributed by atoms with E-state index in [9.17, 15) is 5.26 Å². The highest BCUT2D eigenvalue weighted by molar-refractivity contribution is 6.31. The van der Waals surface area contributed by atoms with Crippen LogP contribution in [0.25, 0.3) is 10.9 Å². The summed E-state index contributed by atoms with van der Waals surface area (Å²) in [4.78, 5) is 8.74. The summed E-state index contributed by atoms with van der Waals surface area (Å²) in [6, 6.07) is 13.5. The van der Waals surface area contributed by atoms with Crippen molar-refractivity contribution in [2.75, 3.05) is 5.32 Å². The molecule has 108 valence electrons. The van der Waals surface area contributed by atoms with Gasteiger partial charge in [-0.2, -0.15) is 5.26 Å². The largest absolute Gasteiger partial charge is 0.378 e. The molecule has 22 heavy (non-hydrogen) atoms. The quantitative estimate of drug-likeness (QED) is 0.792. The Kier molecular flexibility index (Phi) is 3.90. The summed E-state index contributed by atoms with van der Waals surface area (Å²) in [6.07, 6.45) is 1.57. The first kappa shape index (κ1) is 14.3. The molecule has 1 N–H and O–H groups in total. The maximum atomic E-state index is 9.31. The van der Waals surface area contributed by atoms with E-state index in [4.69, 9.17) is 11.6 Å². The van der Waals surface area contributed by atoms with Crippen molar-refractivity contribution in [2.24, 2.45) is 0 Å². The molecular formula is C17H13ClN4. The zero-order valence-corrected chi connectivity index (χ0v) is 12.7. The van der Waals surface area contributed by atoms with Crippen molar-refractivity contribution in [3.8, 4) is 6.07 Å². The van der Waals surface area contributed by atoms with Gasteiger partial charge in [0.15, 0.2) is 0 Å². The van der Waals surface area contributed by atoms with Gasteiger partial charge in [-0.3, -0.25) is 9.97 Å². The second kappa shape index (κ2) is 6.00. The fourth-order valence-corrected chi connectivity index (χ4v) is 2.49. The van der Waals surface area contributed by atoms with Crippen molar-refractivity contribution in [3.05, 3.63) is 64.6 Å². The van der Waals surface area contributed by atoms with Crippen LogP contribution >= 0.6 is 11.6 Å². The molecule has 2 heterocycles. The van der Waals surface area contributed by atoms with Gasteiger partial charge in [0.1, 0.15) is 6.07 Å². The summed E-state index contributed by atoms with van der Waals surface area (Å²) in [5.74, 6) is 0. The number of hydrogen-bond donors (Lipinski definition) is 1. The van der Waals surface area contributed by atoms with E-state index in [-0.39, 0.29) is 0 Å². The Morgan fingerprint density at radius 3 is 2.91 bits per heavy atom. The molecule has 0 saturated carbocycles. The molecule has 3 aromatic rings. The minimum absolute atomic E-state index is 0.488. The van der Waals surface area contributed by atoms with Crippen molar-refractivity contribution >= 4 is 28.2 Å². The average molecular weight is 309 g/mol. The number of nitrogens with one attached hydrogen (secondary N) is 1. The van der Waals surface area contributed by atoms with Crippen molar-refractivity contribution in [1.82, 2.24) is 9.97 Å². The summed E-state index contributed by atoms with van der Waals surface area (Å²) in [5.41, 5.74) is 3.89. The highest BCUT2D eigenvalue weighted by Crippen LogP contribution is 2.28. The minimum atomic E-state index is 0.488. The molecule has 0 saturated heterocycles. The lowest BCUT2D eigenvalue weighted by Gasteiger charge is -2.11. The van der Waals surface area contributed by atoms with E-state index in [1.165, 1.54) is 0 Å². The number of aryl methyl sites for hydroxylation is 1. The van der Waals surface area contributed by atoms with Crippen LogP contribution in [-0.2, 0) is 6.54 Å². The molecule has 0 amide bonds. The van der Waals surface area contributed by atoms with Crippen molar-refractivity contribution in [2.45, 2.75) is 13.5 Å². The lowest BCUT2D eigenvalue weighted by atomic mass is 10.1. The number of halogens is 1. The molecular weight excluding hydrogens is 296 g/mol. The second-order valence-corrected chi connectivity index (χ2v) is 5.38. The van der Waals surface area contributed by atoms with Crippen molar-refractivity contribution in [3.63, 3.8) is 0 Å². The highest BCUT2D eigenvalue weighted by Gasteiger charge is 2.09. The zero-order chi connectivity index (χ0) is 15.5. The van der Waals surface area contributed by atoms with Gasteiger partial charge in [0.05, 0.1) is 29.0 Å². The lowest BCUT2D eigenvalue weighted by Crippen LogP contribution is -2.05. The summed E-state index contributed by atoms with van der Waals surface area (Å²) in [6.45, 7) is 2.48. The Hall–Kier alpha value is -2.64. The van der Waals surface area contributed by atoms with Gasteiger partial charge in [-0.15, -0.1) is 0 Å². The molecule has 0 fully saturated rings. The number of fused-ring (bicyclic) bond motifs is 1. The van der Waals surface area contributed by atoms with Gasteiger partial charge in [0.25, 0.3) is 0 Å². The molecule has 1 aromatic carbocycles. The number of hydrogen-bond acceptors (Lipinski definition) is 4. The number of aromatic nitrogens is 2. The van der Waals surface area contributed by atoms with E-state index in [0.29, 0.717) is 17.1 Å². The normalized spacial score (nSPS) is 10.4. The predicted octanol–water partition coefficient (Wildman–Crippen LogP) is 4.08. The van der Waals surface area contributed by atoms with Gasteiger partial charge in [-0.25, -0.2) is 0 Å². The first-order valence-corrected chi connectivity index (χ1v) is 7.20. The van der Waals surface area contributed by atoms with Crippen LogP contribution in [0.2, 0.25) is 5.02 Å². The van der Waals surface area contributed by atoms with Gasteiger partial charge >= 0.3 is 0 Å². The summed E-state index contributed by atoms with van der Waals surface area (Å²) >= 11 is 6.07. The molecule has 3 rings (SSSR count). The third-order valence-corrected chi connectivity index (χ3v) is 3.58. The van der Waals surface area contributed by atoms with E-state index < -0.39 is 0 Å². The molecule has 5 heteroatoms. The minimum Gasteiger partial charge on any atom is -0.378 e. The topological polar surface area (TPSA) is 61.6 Å². The van der Waals surface area contributed by atoms with Gasteiger partial charge in [0, 0.05) is 22.3 Å². The molecule has 4 nitrogen and oxygen atoms in total. The zero-order valence-electron chi connectivity index (χ0n) is 12.0. The SMILES string of the molecule is Cc1cccc(CNc2c(C#N)cnc3ccc(Cl)cc23)n1. The number of pyridine rings is 2. The molecule has 0 spiro atoms. The average Bonchev–Trinajstić information content (AvgIpc) is 2.52. The van der Waals surface area contributed by atoms with Crippen LogP contribution in [-0.4, -0.2) is 9.97 Å². The number of nitriles is 1. The van der Waals surface area contributed by atoms with Crippen molar-refractivity contribution < 1.29 is 0 Å². The Labute approximate surface area is 133 Å². The maximum Gasteiger partial charge on any atom is 0.103 e. The molecule has 0 bridgehead atoms. The smallest absolute Gasteiger partial charge is 0.103 e. The Morgan fingerprint density at radius 1 is 1.27 bits per heavy atom. The van der Waals surface area contributed by atoms with E-state index >= 15 is 0 Å². The van der Waals surface area contributed by atoms with E-state index in [1.54, 1.807) is 12.3 Å². The monoisotopic (exact) mass is 308 g/mol. The van der Waals surface area contributed by atoms with E-state index in [0.717, 1.165) is 28.0 Å². The fourth-order valence-electron chi connectivity index (χ4n) is 2.32. The Bertz CT molecular complexity index is 883. The van der Waals surface area contributed by atoms with E-state index in [2.05, 4.69) is 21.4 Å². The van der Waals surface area contributed by atoms with E-state index in [1.807, 2.05) is 37.3 Å². The van der Waals surface area contributed by atoms with Crippen LogP contribution in [0.4, 0.5) is 5.69 Å². The summed E-state index contributed by atoms with van der Waals surface area (Å²) < 4.78 is 0. The van der Waals surface area contributed by atoms with Gasteiger partial charge in [-0.05, 0) is 37.3 Å². The van der Waals surface area contributed by atoms with Gasteiger partial charge < -0.3 is 5.32 Å². The molecule has 0 radical (unpaired) electrons. The number of rotatable bonds is 3. The van der Waals surface area contributed by atoms with Gasteiger partial charge in [0.2, 0.25) is 0 Å². The fraction of sp³-hybridized carbons (Fsp3) is 0.118.